The maximum absolute atomic E-state index is 13.1. The Balaban J connectivity index is 1.91. The number of nitrogens with zero attached hydrogens (tertiary/aromatic N) is 4. The third kappa shape index (κ3) is 5.64. The molecule has 3 rings (SSSR count). The van der Waals surface area contributed by atoms with E-state index in [-0.39, 0.29) is 22.3 Å². The molecular weight excluding hydrogens is 459 g/mol. The van der Waals surface area contributed by atoms with Crippen molar-refractivity contribution in [1.82, 2.24) is 9.88 Å². The third-order valence-corrected chi connectivity index (χ3v) is 7.24. The summed E-state index contributed by atoms with van der Waals surface area (Å²) in [6.07, 6.45) is 0.561. The monoisotopic (exact) mass is 480 g/mol. The first-order valence-electron chi connectivity index (χ1n) is 9.55. The van der Waals surface area contributed by atoms with E-state index < -0.39 is 32.2 Å². The van der Waals surface area contributed by atoms with Crippen LogP contribution in [0.1, 0.15) is 6.42 Å². The molecule has 12 heteroatoms. The zero-order chi connectivity index (χ0) is 23.5. The summed E-state index contributed by atoms with van der Waals surface area (Å²) >= 11 is 1.08. The number of carbonyl (C=O) groups is 1. The van der Waals surface area contributed by atoms with Crippen molar-refractivity contribution in [3.8, 4) is 0 Å². The number of amides is 1. The van der Waals surface area contributed by atoms with Crippen molar-refractivity contribution < 1.29 is 22.5 Å². The van der Waals surface area contributed by atoms with E-state index in [1.54, 1.807) is 0 Å². The van der Waals surface area contributed by atoms with Crippen molar-refractivity contribution in [1.29, 1.82) is 0 Å². The van der Waals surface area contributed by atoms with Crippen LogP contribution in [0.15, 0.2) is 47.4 Å². The second-order valence-electron chi connectivity index (χ2n) is 7.32. The summed E-state index contributed by atoms with van der Waals surface area (Å²) < 4.78 is 39.0. The molecule has 0 bridgehead atoms. The standard InChI is InChI=1S/C20H21FN4O5S2/c1-23(2)10-3-11-24(19(26)13-32(29,30)16-7-4-14(21)5-8-16)20-22-17-9-6-15(25(27)28)12-18(17)31-20/h4-9,12H,3,10-11,13H2,1-2H3. The lowest BCUT2D eigenvalue weighted by atomic mass is 10.3. The van der Waals surface area contributed by atoms with E-state index in [2.05, 4.69) is 4.98 Å². The number of carbonyl (C=O) groups excluding carboxylic acids is 1. The number of rotatable bonds is 9. The van der Waals surface area contributed by atoms with Gasteiger partial charge in [-0.1, -0.05) is 11.3 Å². The molecule has 0 aliphatic carbocycles. The molecule has 0 atom stereocenters. The van der Waals surface area contributed by atoms with Crippen LogP contribution < -0.4 is 4.90 Å². The fourth-order valence-corrected chi connectivity index (χ4v) is 5.21. The van der Waals surface area contributed by atoms with Gasteiger partial charge in [-0.2, -0.15) is 0 Å². The van der Waals surface area contributed by atoms with Crippen LogP contribution in [-0.4, -0.2) is 62.1 Å². The number of nitro benzene ring substituents is 1. The van der Waals surface area contributed by atoms with E-state index in [0.29, 0.717) is 23.2 Å². The number of thiazole rings is 1. The van der Waals surface area contributed by atoms with Crippen LogP contribution in [0, 0.1) is 15.9 Å². The van der Waals surface area contributed by atoms with Gasteiger partial charge in [0, 0.05) is 18.7 Å². The highest BCUT2D eigenvalue weighted by molar-refractivity contribution is 7.92. The van der Waals surface area contributed by atoms with Gasteiger partial charge in [0.15, 0.2) is 15.0 Å². The zero-order valence-electron chi connectivity index (χ0n) is 17.4. The van der Waals surface area contributed by atoms with Gasteiger partial charge in [0.1, 0.15) is 11.6 Å². The number of halogens is 1. The van der Waals surface area contributed by atoms with E-state index in [1.165, 1.54) is 23.1 Å². The Labute approximate surface area is 188 Å². The molecule has 0 aliphatic heterocycles. The smallest absolute Gasteiger partial charge is 0.270 e. The number of sulfone groups is 1. The Bertz CT molecular complexity index is 1240. The molecule has 0 radical (unpaired) electrons. The second kappa shape index (κ2) is 9.67. The SMILES string of the molecule is CN(C)CCCN(C(=O)CS(=O)(=O)c1ccc(F)cc1)c1nc2ccc([N+](=O)[O-])cc2s1. The first-order valence-corrected chi connectivity index (χ1v) is 12.0. The van der Waals surface area contributed by atoms with Gasteiger partial charge in [-0.25, -0.2) is 17.8 Å². The lowest BCUT2D eigenvalue weighted by Gasteiger charge is -2.21. The zero-order valence-corrected chi connectivity index (χ0v) is 19.0. The summed E-state index contributed by atoms with van der Waals surface area (Å²) in [5.41, 5.74) is 0.375. The van der Waals surface area contributed by atoms with Crippen molar-refractivity contribution >= 4 is 48.1 Å². The number of hydrogen-bond donors (Lipinski definition) is 0. The van der Waals surface area contributed by atoms with E-state index in [0.717, 1.165) is 35.6 Å². The number of aromatic nitrogens is 1. The maximum atomic E-state index is 13.1. The Morgan fingerprint density at radius 1 is 1.16 bits per heavy atom. The van der Waals surface area contributed by atoms with Gasteiger partial charge in [-0.05, 0) is 57.4 Å². The lowest BCUT2D eigenvalue weighted by Crippen LogP contribution is -2.37. The minimum atomic E-state index is -4.00. The number of benzene rings is 2. The van der Waals surface area contributed by atoms with Gasteiger partial charge in [0.2, 0.25) is 5.91 Å². The Morgan fingerprint density at radius 2 is 1.84 bits per heavy atom. The van der Waals surface area contributed by atoms with Crippen LogP contribution in [-0.2, 0) is 14.6 Å². The molecule has 0 fully saturated rings. The summed E-state index contributed by atoms with van der Waals surface area (Å²) in [5, 5.41) is 11.3. The van der Waals surface area contributed by atoms with Crippen molar-refractivity contribution in [2.75, 3.05) is 37.8 Å². The molecule has 170 valence electrons. The normalized spacial score (nSPS) is 11.8. The summed E-state index contributed by atoms with van der Waals surface area (Å²) in [4.78, 5) is 31.0. The van der Waals surface area contributed by atoms with E-state index in [1.807, 2.05) is 19.0 Å². The summed E-state index contributed by atoms with van der Waals surface area (Å²) in [5.74, 6) is -2.07. The molecule has 2 aromatic carbocycles. The molecule has 1 amide bonds. The Hall–Kier alpha value is -2.96. The molecule has 1 heterocycles. The largest absolute Gasteiger partial charge is 0.309 e. The topological polar surface area (TPSA) is 114 Å². The van der Waals surface area contributed by atoms with E-state index >= 15 is 0 Å². The van der Waals surface area contributed by atoms with Crippen LogP contribution in [0.25, 0.3) is 10.2 Å². The first-order chi connectivity index (χ1) is 15.1. The van der Waals surface area contributed by atoms with Gasteiger partial charge in [-0.3, -0.25) is 19.8 Å². The predicted octanol–water partition coefficient (Wildman–Crippen LogP) is 3.10. The second-order valence-corrected chi connectivity index (χ2v) is 10.3. The first kappa shape index (κ1) is 23.7. The van der Waals surface area contributed by atoms with Gasteiger partial charge in [-0.15, -0.1) is 0 Å². The van der Waals surface area contributed by atoms with Gasteiger partial charge in [0.25, 0.3) is 5.69 Å². The average Bonchev–Trinajstić information content (AvgIpc) is 3.13. The van der Waals surface area contributed by atoms with E-state index in [4.69, 9.17) is 0 Å². The van der Waals surface area contributed by atoms with Crippen LogP contribution >= 0.6 is 11.3 Å². The van der Waals surface area contributed by atoms with Crippen molar-refractivity contribution in [3.05, 3.63) is 58.4 Å². The third-order valence-electron chi connectivity index (χ3n) is 4.58. The molecule has 0 saturated carbocycles. The minimum absolute atomic E-state index is 0.0999. The molecule has 0 spiro atoms. The van der Waals surface area contributed by atoms with Crippen LogP contribution in [0.3, 0.4) is 0 Å². The van der Waals surface area contributed by atoms with Crippen LogP contribution in [0.4, 0.5) is 15.2 Å². The van der Waals surface area contributed by atoms with Crippen LogP contribution in [0.5, 0.6) is 0 Å². The number of anilines is 1. The van der Waals surface area contributed by atoms with Gasteiger partial charge < -0.3 is 4.90 Å². The Morgan fingerprint density at radius 3 is 2.47 bits per heavy atom. The van der Waals surface area contributed by atoms with Crippen molar-refractivity contribution in [2.24, 2.45) is 0 Å². The highest BCUT2D eigenvalue weighted by Gasteiger charge is 2.27. The summed E-state index contributed by atoms with van der Waals surface area (Å²) in [7, 11) is -0.246. The van der Waals surface area contributed by atoms with E-state index in [9.17, 15) is 27.7 Å². The molecule has 0 unspecified atom stereocenters. The quantitative estimate of drug-likeness (QED) is 0.263. The van der Waals surface area contributed by atoms with Crippen molar-refractivity contribution in [3.63, 3.8) is 0 Å². The number of non-ortho nitro benzene ring substituents is 1. The van der Waals surface area contributed by atoms with Crippen LogP contribution in [0.2, 0.25) is 0 Å². The predicted molar refractivity (Wildman–Crippen MR) is 120 cm³/mol. The molecule has 1 aromatic heterocycles. The molecular formula is C20H21FN4O5S2. The number of hydrogen-bond acceptors (Lipinski definition) is 8. The van der Waals surface area contributed by atoms with Gasteiger partial charge >= 0.3 is 0 Å². The molecule has 3 aromatic rings. The summed E-state index contributed by atoms with van der Waals surface area (Å²) in [6, 6.07) is 8.46. The molecule has 0 saturated heterocycles. The fourth-order valence-electron chi connectivity index (χ4n) is 2.97. The fraction of sp³-hybridized carbons (Fsp3) is 0.300. The lowest BCUT2D eigenvalue weighted by molar-refractivity contribution is -0.384. The molecule has 32 heavy (non-hydrogen) atoms. The summed E-state index contributed by atoms with van der Waals surface area (Å²) in [6.45, 7) is 0.878. The molecule has 9 nitrogen and oxygen atoms in total. The number of fused-ring (bicyclic) bond motifs is 1. The minimum Gasteiger partial charge on any atom is -0.309 e. The van der Waals surface area contributed by atoms with Gasteiger partial charge in [0.05, 0.1) is 20.0 Å². The number of nitro groups is 1. The molecule has 0 aliphatic rings. The average molecular weight is 481 g/mol. The highest BCUT2D eigenvalue weighted by Crippen LogP contribution is 2.32. The molecule has 0 N–H and O–H groups in total. The highest BCUT2D eigenvalue weighted by atomic mass is 32.2. The maximum Gasteiger partial charge on any atom is 0.270 e. The van der Waals surface area contributed by atoms with Crippen molar-refractivity contribution in [2.45, 2.75) is 11.3 Å². The Kier molecular flexibility index (Phi) is 7.16.